The van der Waals surface area contributed by atoms with Gasteiger partial charge in [0.1, 0.15) is 11.6 Å². The van der Waals surface area contributed by atoms with Crippen molar-refractivity contribution in [2.75, 3.05) is 12.9 Å². The van der Waals surface area contributed by atoms with Gasteiger partial charge in [-0.3, -0.25) is 0 Å². The molecule has 0 bridgehead atoms. The predicted octanol–water partition coefficient (Wildman–Crippen LogP) is 5.78. The Morgan fingerprint density at radius 1 is 0.794 bits per heavy atom. The van der Waals surface area contributed by atoms with E-state index in [4.69, 9.17) is 9.47 Å². The van der Waals surface area contributed by atoms with Gasteiger partial charge in [0.05, 0.1) is 11.9 Å². The van der Waals surface area contributed by atoms with Crippen LogP contribution in [0, 0.1) is 0 Å². The van der Waals surface area contributed by atoms with Crippen LogP contribution >= 0.6 is 11.8 Å². The van der Waals surface area contributed by atoms with Gasteiger partial charge in [-0.2, -0.15) is 0 Å². The van der Waals surface area contributed by atoms with Crippen LogP contribution in [-0.4, -0.2) is 36.6 Å². The Balaban J connectivity index is 2.04. The van der Waals surface area contributed by atoms with E-state index >= 15 is 0 Å². The largest absolute Gasteiger partial charge is 0.467 e. The van der Waals surface area contributed by atoms with Gasteiger partial charge in [-0.25, -0.2) is 9.59 Å². The number of amides is 1. The maximum atomic E-state index is 12.6. The number of ether oxygens (including phenoxy) is 2. The van der Waals surface area contributed by atoms with Gasteiger partial charge in [0.2, 0.25) is 0 Å². The fraction of sp³-hybridized carbons (Fsp3) is 0.286. The van der Waals surface area contributed by atoms with Gasteiger partial charge >= 0.3 is 12.1 Å². The molecular formula is C28H31NO4S. The number of benzene rings is 3. The summed E-state index contributed by atoms with van der Waals surface area (Å²) in [6.45, 7) is 5.33. The van der Waals surface area contributed by atoms with E-state index in [1.807, 2.05) is 54.6 Å². The molecule has 0 spiro atoms. The average Bonchev–Trinajstić information content (AvgIpc) is 2.84. The zero-order valence-corrected chi connectivity index (χ0v) is 20.8. The zero-order chi connectivity index (χ0) is 24.6. The second-order valence-corrected chi connectivity index (χ2v) is 10.0. The quantitative estimate of drug-likeness (QED) is 0.329. The number of esters is 1. The van der Waals surface area contributed by atoms with E-state index < -0.39 is 28.5 Å². The van der Waals surface area contributed by atoms with E-state index in [0.717, 1.165) is 16.7 Å². The lowest BCUT2D eigenvalue weighted by molar-refractivity contribution is -0.142. The second-order valence-electron chi connectivity index (χ2n) is 8.81. The monoisotopic (exact) mass is 477 g/mol. The maximum Gasteiger partial charge on any atom is 0.408 e. The standard InChI is InChI=1S/C28H31NO4S/c1-27(2,3)33-26(31)29-24(25(30)32-4)20-34-28(21-14-8-5-9-15-21,22-16-10-6-11-17-22)23-18-12-7-13-19-23/h5-19,24H,20H2,1-4H3,(H,29,31). The average molecular weight is 478 g/mol. The first-order chi connectivity index (χ1) is 16.3. The number of hydrogen-bond donors (Lipinski definition) is 1. The number of carbonyl (C=O) groups excluding carboxylic acids is 2. The van der Waals surface area contributed by atoms with Gasteiger partial charge in [0.25, 0.3) is 0 Å². The Labute approximate surface area is 205 Å². The first-order valence-corrected chi connectivity index (χ1v) is 12.1. The third-order valence-corrected chi connectivity index (χ3v) is 6.82. The van der Waals surface area contributed by atoms with Crippen molar-refractivity contribution in [1.29, 1.82) is 0 Å². The lowest BCUT2D eigenvalue weighted by Crippen LogP contribution is -2.46. The van der Waals surface area contributed by atoms with E-state index in [1.165, 1.54) is 7.11 Å². The van der Waals surface area contributed by atoms with Crippen LogP contribution in [0.4, 0.5) is 4.79 Å². The van der Waals surface area contributed by atoms with Crippen LogP contribution in [0.5, 0.6) is 0 Å². The number of carbonyl (C=O) groups is 2. The Kier molecular flexibility index (Phi) is 8.40. The number of thioether (sulfide) groups is 1. The predicted molar refractivity (Wildman–Crippen MR) is 137 cm³/mol. The molecule has 0 aromatic heterocycles. The SMILES string of the molecule is COC(=O)C(CSC(c1ccccc1)(c1ccccc1)c1ccccc1)NC(=O)OC(C)(C)C. The van der Waals surface area contributed by atoms with Crippen LogP contribution in [0.25, 0.3) is 0 Å². The van der Waals surface area contributed by atoms with Crippen LogP contribution in [-0.2, 0) is 19.0 Å². The fourth-order valence-corrected chi connectivity index (χ4v) is 5.28. The van der Waals surface area contributed by atoms with Crippen molar-refractivity contribution in [3.63, 3.8) is 0 Å². The highest BCUT2D eigenvalue weighted by molar-refractivity contribution is 8.00. The number of alkyl carbamates (subject to hydrolysis) is 1. The third kappa shape index (κ3) is 6.20. The molecule has 1 unspecified atom stereocenters. The Morgan fingerprint density at radius 2 is 1.21 bits per heavy atom. The van der Waals surface area contributed by atoms with Gasteiger partial charge in [-0.05, 0) is 37.5 Å². The van der Waals surface area contributed by atoms with Crippen LogP contribution in [0.3, 0.4) is 0 Å². The van der Waals surface area contributed by atoms with Crippen molar-refractivity contribution in [2.45, 2.75) is 37.2 Å². The van der Waals surface area contributed by atoms with E-state index in [2.05, 4.69) is 41.7 Å². The van der Waals surface area contributed by atoms with Gasteiger partial charge in [-0.15, -0.1) is 11.8 Å². The molecule has 0 heterocycles. The maximum absolute atomic E-state index is 12.6. The molecule has 0 saturated carbocycles. The summed E-state index contributed by atoms with van der Waals surface area (Å²) in [4.78, 5) is 25.1. The highest BCUT2D eigenvalue weighted by Gasteiger charge is 2.39. The molecule has 0 saturated heterocycles. The molecule has 0 fully saturated rings. The Bertz CT molecular complexity index is 969. The number of hydrogen-bond acceptors (Lipinski definition) is 5. The summed E-state index contributed by atoms with van der Waals surface area (Å²) in [5.41, 5.74) is 2.52. The molecule has 3 rings (SSSR count). The highest BCUT2D eigenvalue weighted by atomic mass is 32.2. The summed E-state index contributed by atoms with van der Waals surface area (Å²) >= 11 is 1.57. The van der Waals surface area contributed by atoms with Crippen LogP contribution in [0.1, 0.15) is 37.5 Å². The molecule has 5 nitrogen and oxygen atoms in total. The fourth-order valence-electron chi connectivity index (χ4n) is 3.74. The summed E-state index contributed by atoms with van der Waals surface area (Å²) in [7, 11) is 1.32. The Morgan fingerprint density at radius 3 is 1.56 bits per heavy atom. The van der Waals surface area contributed by atoms with Crippen molar-refractivity contribution in [3.05, 3.63) is 108 Å². The van der Waals surface area contributed by atoms with E-state index in [1.54, 1.807) is 32.5 Å². The smallest absolute Gasteiger partial charge is 0.408 e. The first-order valence-electron chi connectivity index (χ1n) is 11.1. The van der Waals surface area contributed by atoms with Crippen molar-refractivity contribution in [2.24, 2.45) is 0 Å². The number of methoxy groups -OCH3 is 1. The summed E-state index contributed by atoms with van der Waals surface area (Å²) in [6.07, 6.45) is -0.659. The molecule has 0 aliphatic heterocycles. The summed E-state index contributed by atoms with van der Waals surface area (Å²) in [6, 6.07) is 29.6. The third-order valence-electron chi connectivity index (χ3n) is 5.18. The normalized spacial score (nSPS) is 12.5. The summed E-state index contributed by atoms with van der Waals surface area (Å²) in [5, 5.41) is 2.69. The molecule has 6 heteroatoms. The van der Waals surface area contributed by atoms with Gasteiger partial charge < -0.3 is 14.8 Å². The molecule has 1 N–H and O–H groups in total. The first kappa shape index (κ1) is 25.4. The molecule has 1 atom stereocenters. The van der Waals surface area contributed by atoms with Crippen molar-refractivity contribution in [1.82, 2.24) is 5.32 Å². The molecule has 0 aliphatic rings. The molecule has 34 heavy (non-hydrogen) atoms. The zero-order valence-electron chi connectivity index (χ0n) is 20.0. The van der Waals surface area contributed by atoms with Gasteiger partial charge in [0.15, 0.2) is 0 Å². The minimum atomic E-state index is -0.889. The van der Waals surface area contributed by atoms with E-state index in [0.29, 0.717) is 0 Å². The lowest BCUT2D eigenvalue weighted by Gasteiger charge is -2.36. The van der Waals surface area contributed by atoms with Crippen LogP contribution in [0.2, 0.25) is 0 Å². The molecule has 178 valence electrons. The second kappa shape index (κ2) is 11.3. The number of nitrogens with one attached hydrogen (secondary N) is 1. The lowest BCUT2D eigenvalue weighted by atomic mass is 9.84. The topological polar surface area (TPSA) is 64.6 Å². The molecule has 0 radical (unpaired) electrons. The van der Waals surface area contributed by atoms with Gasteiger partial charge in [-0.1, -0.05) is 91.0 Å². The Hall–Kier alpha value is -3.25. The molecule has 3 aromatic carbocycles. The minimum Gasteiger partial charge on any atom is -0.467 e. The number of rotatable bonds is 8. The van der Waals surface area contributed by atoms with Crippen molar-refractivity contribution < 1.29 is 19.1 Å². The minimum absolute atomic E-state index is 0.268. The molecule has 3 aromatic rings. The van der Waals surface area contributed by atoms with Crippen molar-refractivity contribution in [3.8, 4) is 0 Å². The highest BCUT2D eigenvalue weighted by Crippen LogP contribution is 2.48. The van der Waals surface area contributed by atoms with E-state index in [-0.39, 0.29) is 5.75 Å². The van der Waals surface area contributed by atoms with Crippen molar-refractivity contribution >= 4 is 23.8 Å². The van der Waals surface area contributed by atoms with Crippen LogP contribution < -0.4 is 5.32 Å². The summed E-state index contributed by atoms with van der Waals surface area (Å²) < 4.78 is 9.77. The summed E-state index contributed by atoms with van der Waals surface area (Å²) in [5.74, 6) is -0.258. The molecule has 1 amide bonds. The van der Waals surface area contributed by atoms with E-state index in [9.17, 15) is 9.59 Å². The molecule has 0 aliphatic carbocycles. The molecular weight excluding hydrogens is 446 g/mol. The van der Waals surface area contributed by atoms with Gasteiger partial charge in [0, 0.05) is 5.75 Å². The van der Waals surface area contributed by atoms with Crippen LogP contribution in [0.15, 0.2) is 91.0 Å².